The van der Waals surface area contributed by atoms with Crippen LogP contribution in [0.1, 0.15) is 63.5 Å². The topological polar surface area (TPSA) is 84.3 Å². The zero-order chi connectivity index (χ0) is 22.8. The lowest BCUT2D eigenvalue weighted by atomic mass is 10.1. The van der Waals surface area contributed by atoms with Crippen LogP contribution < -0.4 is 15.6 Å². The molecule has 9 heteroatoms. The third-order valence-electron chi connectivity index (χ3n) is 7.46. The summed E-state index contributed by atoms with van der Waals surface area (Å²) in [4.78, 5) is 22.5. The summed E-state index contributed by atoms with van der Waals surface area (Å²) in [6, 6.07) is 3.05. The van der Waals surface area contributed by atoms with Crippen LogP contribution in [0.4, 0.5) is 5.95 Å². The highest BCUT2D eigenvalue weighted by molar-refractivity contribution is 7.95. The molecule has 0 spiro atoms. The molecule has 5 rings (SSSR count). The fourth-order valence-corrected chi connectivity index (χ4v) is 6.31. The van der Waals surface area contributed by atoms with Crippen molar-refractivity contribution in [1.29, 1.82) is 0 Å². The molecule has 0 bridgehead atoms. The Morgan fingerprint density at radius 2 is 1.88 bits per heavy atom. The SMILES string of the molecule is Cc1cc2cnc(NC3CCN(SNC4CCOCC4)CC3)nc2n(C2CCCC2C)c1=O. The van der Waals surface area contributed by atoms with Gasteiger partial charge in [0.1, 0.15) is 5.65 Å². The van der Waals surface area contributed by atoms with E-state index < -0.39 is 0 Å². The minimum absolute atomic E-state index is 0.0910. The lowest BCUT2D eigenvalue weighted by molar-refractivity contribution is 0.0835. The number of anilines is 1. The monoisotopic (exact) mass is 472 g/mol. The Morgan fingerprint density at radius 1 is 1.09 bits per heavy atom. The summed E-state index contributed by atoms with van der Waals surface area (Å²) in [5.41, 5.74) is 1.63. The highest BCUT2D eigenvalue weighted by atomic mass is 32.2. The molecule has 2 atom stereocenters. The summed E-state index contributed by atoms with van der Waals surface area (Å²) in [5.74, 6) is 1.13. The summed E-state index contributed by atoms with van der Waals surface area (Å²) in [5, 5.41) is 4.50. The van der Waals surface area contributed by atoms with Crippen LogP contribution in [0.5, 0.6) is 0 Å². The van der Waals surface area contributed by atoms with E-state index in [0.717, 1.165) is 75.0 Å². The number of ether oxygens (including phenoxy) is 1. The van der Waals surface area contributed by atoms with E-state index in [2.05, 4.69) is 26.3 Å². The lowest BCUT2D eigenvalue weighted by Crippen LogP contribution is -2.39. The Hall–Kier alpha value is -1.68. The van der Waals surface area contributed by atoms with Crippen LogP contribution in [0, 0.1) is 12.8 Å². The van der Waals surface area contributed by atoms with Crippen molar-refractivity contribution >= 4 is 29.1 Å². The standard InChI is InChI=1S/C24H36N6O2S/c1-16-4-3-5-21(16)30-22-18(14-17(2)23(30)31)15-25-24(27-22)26-19-6-10-29(11-7-19)33-28-20-8-12-32-13-9-20/h14-16,19-21,28H,3-13H2,1-2H3,(H,25,26,27). The number of piperidine rings is 1. The molecule has 2 aromatic rings. The van der Waals surface area contributed by atoms with Gasteiger partial charge in [0.2, 0.25) is 5.95 Å². The molecule has 0 amide bonds. The van der Waals surface area contributed by atoms with Crippen molar-refractivity contribution in [3.8, 4) is 0 Å². The number of fused-ring (bicyclic) bond motifs is 1. The van der Waals surface area contributed by atoms with Crippen LogP contribution in [0.25, 0.3) is 11.0 Å². The Labute approximate surface area is 200 Å². The highest BCUT2D eigenvalue weighted by Gasteiger charge is 2.28. The van der Waals surface area contributed by atoms with E-state index in [-0.39, 0.29) is 11.6 Å². The van der Waals surface area contributed by atoms with Crippen LogP contribution in [-0.4, -0.2) is 57.2 Å². The normalized spacial score (nSPS) is 25.6. The Kier molecular flexibility index (Phi) is 7.20. The molecule has 2 N–H and O–H groups in total. The van der Waals surface area contributed by atoms with Gasteiger partial charge in [0.25, 0.3) is 5.56 Å². The second kappa shape index (κ2) is 10.3. The van der Waals surface area contributed by atoms with Crippen LogP contribution in [-0.2, 0) is 4.74 Å². The molecule has 0 aromatic carbocycles. The van der Waals surface area contributed by atoms with Gasteiger partial charge in [-0.25, -0.2) is 14.0 Å². The predicted octanol–water partition coefficient (Wildman–Crippen LogP) is 3.67. The number of pyridine rings is 1. The maximum Gasteiger partial charge on any atom is 0.255 e. The molecule has 3 fully saturated rings. The zero-order valence-corrected chi connectivity index (χ0v) is 20.6. The average molecular weight is 473 g/mol. The van der Waals surface area contributed by atoms with Crippen molar-refractivity contribution in [3.05, 3.63) is 28.2 Å². The third kappa shape index (κ3) is 5.21. The Morgan fingerprint density at radius 3 is 2.61 bits per heavy atom. The van der Waals surface area contributed by atoms with E-state index in [4.69, 9.17) is 9.72 Å². The van der Waals surface area contributed by atoms with Crippen LogP contribution in [0.2, 0.25) is 0 Å². The largest absolute Gasteiger partial charge is 0.381 e. The van der Waals surface area contributed by atoms with Gasteiger partial charge in [-0.2, -0.15) is 4.98 Å². The molecule has 33 heavy (non-hydrogen) atoms. The van der Waals surface area contributed by atoms with E-state index in [1.165, 1.54) is 12.8 Å². The van der Waals surface area contributed by atoms with Crippen molar-refractivity contribution in [3.63, 3.8) is 0 Å². The molecule has 2 unspecified atom stereocenters. The van der Waals surface area contributed by atoms with E-state index in [1.54, 1.807) is 12.1 Å². The molecule has 1 saturated carbocycles. The van der Waals surface area contributed by atoms with E-state index >= 15 is 0 Å². The van der Waals surface area contributed by atoms with E-state index in [9.17, 15) is 4.79 Å². The van der Waals surface area contributed by atoms with E-state index in [1.807, 2.05) is 23.8 Å². The van der Waals surface area contributed by atoms with Gasteiger partial charge in [0, 0.05) is 73.7 Å². The summed E-state index contributed by atoms with van der Waals surface area (Å²) in [7, 11) is 0. The second-order valence-electron chi connectivity index (χ2n) is 9.89. The van der Waals surface area contributed by atoms with Crippen LogP contribution in [0.15, 0.2) is 17.1 Å². The lowest BCUT2D eigenvalue weighted by Gasteiger charge is -2.33. The smallest absolute Gasteiger partial charge is 0.255 e. The Bertz CT molecular complexity index is 1020. The average Bonchev–Trinajstić information content (AvgIpc) is 3.26. The number of rotatable bonds is 6. The molecule has 2 aliphatic heterocycles. The van der Waals surface area contributed by atoms with Gasteiger partial charge in [-0.3, -0.25) is 9.36 Å². The molecule has 1 aliphatic carbocycles. The van der Waals surface area contributed by atoms with Crippen molar-refractivity contribution in [2.24, 2.45) is 5.92 Å². The fraction of sp³-hybridized carbons (Fsp3) is 0.708. The van der Waals surface area contributed by atoms with Gasteiger partial charge in [-0.15, -0.1) is 0 Å². The van der Waals surface area contributed by atoms with Gasteiger partial charge < -0.3 is 10.1 Å². The van der Waals surface area contributed by atoms with Crippen molar-refractivity contribution in [1.82, 2.24) is 23.6 Å². The molecule has 2 saturated heterocycles. The summed E-state index contributed by atoms with van der Waals surface area (Å²) in [6.45, 7) is 7.92. The number of nitrogens with one attached hydrogen (secondary N) is 2. The molecule has 180 valence electrons. The molecule has 2 aromatic heterocycles. The quantitative estimate of drug-likeness (QED) is 0.616. The van der Waals surface area contributed by atoms with Crippen molar-refractivity contribution in [2.75, 3.05) is 31.6 Å². The molecular weight excluding hydrogens is 436 g/mol. The molecule has 8 nitrogen and oxygen atoms in total. The number of nitrogens with zero attached hydrogens (tertiary/aromatic N) is 4. The minimum atomic E-state index is 0.0910. The van der Waals surface area contributed by atoms with Crippen LogP contribution in [0.3, 0.4) is 0 Å². The van der Waals surface area contributed by atoms with Crippen LogP contribution >= 0.6 is 12.1 Å². The first-order valence-corrected chi connectivity index (χ1v) is 13.3. The van der Waals surface area contributed by atoms with Crippen molar-refractivity contribution < 1.29 is 4.74 Å². The number of hydrogen-bond acceptors (Lipinski definition) is 8. The summed E-state index contributed by atoms with van der Waals surface area (Å²) in [6.07, 6.45) is 9.53. The van der Waals surface area contributed by atoms with Gasteiger partial charge in [-0.05, 0) is 57.4 Å². The first-order chi connectivity index (χ1) is 16.1. The molecule has 4 heterocycles. The second-order valence-corrected chi connectivity index (χ2v) is 10.8. The predicted molar refractivity (Wildman–Crippen MR) is 133 cm³/mol. The fourth-order valence-electron chi connectivity index (χ4n) is 5.38. The van der Waals surface area contributed by atoms with Gasteiger partial charge in [-0.1, -0.05) is 13.3 Å². The minimum Gasteiger partial charge on any atom is -0.381 e. The van der Waals surface area contributed by atoms with Gasteiger partial charge >= 0.3 is 0 Å². The maximum absolute atomic E-state index is 13.1. The Balaban J connectivity index is 1.24. The third-order valence-corrected chi connectivity index (χ3v) is 8.52. The molecule has 0 radical (unpaired) electrons. The summed E-state index contributed by atoms with van der Waals surface area (Å²) >= 11 is 1.76. The van der Waals surface area contributed by atoms with Crippen molar-refractivity contribution in [2.45, 2.75) is 76.9 Å². The zero-order valence-electron chi connectivity index (χ0n) is 19.8. The number of aryl methyl sites for hydroxylation is 1. The van der Waals surface area contributed by atoms with Gasteiger partial charge in [0.15, 0.2) is 0 Å². The number of hydrogen-bond donors (Lipinski definition) is 2. The van der Waals surface area contributed by atoms with E-state index in [0.29, 0.717) is 23.9 Å². The molecular formula is C24H36N6O2S. The first kappa shape index (κ1) is 23.1. The molecule has 3 aliphatic rings. The first-order valence-electron chi connectivity index (χ1n) is 12.5. The maximum atomic E-state index is 13.1. The highest BCUT2D eigenvalue weighted by Crippen LogP contribution is 2.36. The summed E-state index contributed by atoms with van der Waals surface area (Å²) < 4.78 is 13.4. The number of aromatic nitrogens is 3. The van der Waals surface area contributed by atoms with Gasteiger partial charge in [0.05, 0.1) is 0 Å².